The van der Waals surface area contributed by atoms with Gasteiger partial charge in [0.2, 0.25) is 0 Å². The Balaban J connectivity index is 2.30. The minimum absolute atomic E-state index is 0.134. The number of aliphatic imine (C=N–C) groups is 1. The molecule has 2 aromatic carbocycles. The van der Waals surface area contributed by atoms with Gasteiger partial charge in [-0.15, -0.1) is 0 Å². The normalized spacial score (nSPS) is 10.7. The minimum atomic E-state index is -1.03. The first-order chi connectivity index (χ1) is 9.08. The molecule has 0 spiro atoms. The number of hydrogen-bond acceptors (Lipinski definition) is 4. The van der Waals surface area contributed by atoms with E-state index in [1.807, 2.05) is 0 Å². The third-order valence-electron chi connectivity index (χ3n) is 2.49. The molecule has 96 valence electrons. The molecule has 0 saturated carbocycles. The molecule has 0 aliphatic rings. The van der Waals surface area contributed by atoms with Gasteiger partial charge in [-0.05, 0) is 30.3 Å². The van der Waals surface area contributed by atoms with E-state index in [0.717, 1.165) is 0 Å². The molecule has 2 rings (SSSR count). The van der Waals surface area contributed by atoms with Gasteiger partial charge in [0.15, 0.2) is 11.5 Å². The van der Waals surface area contributed by atoms with Crippen LogP contribution in [0.2, 0.25) is 0 Å². The fourth-order valence-corrected chi connectivity index (χ4v) is 1.52. The van der Waals surface area contributed by atoms with Gasteiger partial charge in [-0.25, -0.2) is 4.79 Å². The Morgan fingerprint density at radius 3 is 2.58 bits per heavy atom. The highest BCUT2D eigenvalue weighted by Crippen LogP contribution is 2.27. The monoisotopic (exact) mass is 257 g/mol. The van der Waals surface area contributed by atoms with E-state index >= 15 is 0 Å². The van der Waals surface area contributed by atoms with Crippen molar-refractivity contribution in [3.8, 4) is 11.5 Å². The van der Waals surface area contributed by atoms with E-state index in [0.29, 0.717) is 11.3 Å². The lowest BCUT2D eigenvalue weighted by atomic mass is 10.2. The first-order valence-electron chi connectivity index (χ1n) is 5.46. The first kappa shape index (κ1) is 12.6. The van der Waals surface area contributed by atoms with Crippen LogP contribution < -0.4 is 0 Å². The van der Waals surface area contributed by atoms with Crippen LogP contribution in [0.25, 0.3) is 0 Å². The lowest BCUT2D eigenvalue weighted by Crippen LogP contribution is -1.94. The van der Waals surface area contributed by atoms with Crippen LogP contribution in [-0.4, -0.2) is 27.5 Å². The summed E-state index contributed by atoms with van der Waals surface area (Å²) < 4.78 is 0. The lowest BCUT2D eigenvalue weighted by Gasteiger charge is -2.01. The second-order valence-corrected chi connectivity index (χ2v) is 3.83. The second-order valence-electron chi connectivity index (χ2n) is 3.83. The van der Waals surface area contributed by atoms with Gasteiger partial charge in [0, 0.05) is 11.8 Å². The fourth-order valence-electron chi connectivity index (χ4n) is 1.52. The Morgan fingerprint density at radius 2 is 1.84 bits per heavy atom. The molecule has 0 aliphatic heterocycles. The molecule has 2 aromatic rings. The minimum Gasteiger partial charge on any atom is -0.504 e. The average Bonchev–Trinajstić information content (AvgIpc) is 2.41. The van der Waals surface area contributed by atoms with E-state index in [9.17, 15) is 15.0 Å². The molecular formula is C14H11NO4. The number of benzene rings is 2. The van der Waals surface area contributed by atoms with E-state index in [2.05, 4.69) is 4.99 Å². The van der Waals surface area contributed by atoms with Crippen molar-refractivity contribution in [3.05, 3.63) is 53.6 Å². The Kier molecular flexibility index (Phi) is 3.47. The third kappa shape index (κ3) is 2.90. The second kappa shape index (κ2) is 5.22. The standard InChI is InChI=1S/C14H11NO4/c16-12-6-2-4-10(13(12)17)8-15-11-5-1-3-9(7-11)14(18)19/h1-8,16-17H,(H,18,19). The summed E-state index contributed by atoms with van der Waals surface area (Å²) in [5.41, 5.74) is 0.929. The lowest BCUT2D eigenvalue weighted by molar-refractivity contribution is 0.0697. The molecule has 0 atom stereocenters. The van der Waals surface area contributed by atoms with Gasteiger partial charge in [0.1, 0.15) is 0 Å². The highest BCUT2D eigenvalue weighted by Gasteiger charge is 2.04. The summed E-state index contributed by atoms with van der Waals surface area (Å²) in [6.07, 6.45) is 1.36. The zero-order valence-corrected chi connectivity index (χ0v) is 9.82. The topological polar surface area (TPSA) is 90.1 Å². The number of aromatic carboxylic acids is 1. The van der Waals surface area contributed by atoms with Crippen molar-refractivity contribution in [2.75, 3.05) is 0 Å². The Bertz CT molecular complexity index is 650. The summed E-state index contributed by atoms with van der Waals surface area (Å²) in [5, 5.41) is 27.8. The highest BCUT2D eigenvalue weighted by molar-refractivity contribution is 5.90. The molecule has 0 aliphatic carbocycles. The van der Waals surface area contributed by atoms with Crippen LogP contribution in [-0.2, 0) is 0 Å². The molecule has 0 aromatic heterocycles. The average molecular weight is 257 g/mol. The largest absolute Gasteiger partial charge is 0.504 e. The SMILES string of the molecule is O=C(O)c1cccc(N=Cc2cccc(O)c2O)c1. The number of hydrogen-bond donors (Lipinski definition) is 3. The van der Waals surface area contributed by atoms with E-state index < -0.39 is 5.97 Å². The molecule has 0 heterocycles. The van der Waals surface area contributed by atoms with Crippen molar-refractivity contribution in [1.82, 2.24) is 0 Å². The van der Waals surface area contributed by atoms with Gasteiger partial charge in [0.05, 0.1) is 11.3 Å². The summed E-state index contributed by atoms with van der Waals surface area (Å²) in [6, 6.07) is 10.6. The van der Waals surface area contributed by atoms with Crippen LogP contribution in [0.1, 0.15) is 15.9 Å². The van der Waals surface area contributed by atoms with E-state index in [4.69, 9.17) is 5.11 Å². The van der Waals surface area contributed by atoms with Gasteiger partial charge in [0.25, 0.3) is 0 Å². The summed E-state index contributed by atoms with van der Waals surface area (Å²) in [4.78, 5) is 14.9. The Hall–Kier alpha value is -2.82. The summed E-state index contributed by atoms with van der Waals surface area (Å²) >= 11 is 0. The van der Waals surface area contributed by atoms with E-state index in [-0.39, 0.29) is 17.1 Å². The molecule has 0 fully saturated rings. The molecule has 0 bridgehead atoms. The smallest absolute Gasteiger partial charge is 0.335 e. The van der Waals surface area contributed by atoms with Gasteiger partial charge >= 0.3 is 5.97 Å². The van der Waals surface area contributed by atoms with Crippen LogP contribution in [0.3, 0.4) is 0 Å². The maximum Gasteiger partial charge on any atom is 0.335 e. The van der Waals surface area contributed by atoms with Crippen LogP contribution in [0.15, 0.2) is 47.5 Å². The number of phenols is 2. The maximum atomic E-state index is 10.8. The number of rotatable bonds is 3. The molecule has 0 radical (unpaired) electrons. The van der Waals surface area contributed by atoms with Crippen molar-refractivity contribution in [2.24, 2.45) is 4.99 Å². The number of aromatic hydroxyl groups is 2. The molecular weight excluding hydrogens is 246 g/mol. The van der Waals surface area contributed by atoms with Crippen molar-refractivity contribution in [3.63, 3.8) is 0 Å². The highest BCUT2D eigenvalue weighted by atomic mass is 16.4. The van der Waals surface area contributed by atoms with Gasteiger partial charge < -0.3 is 15.3 Å². The predicted molar refractivity (Wildman–Crippen MR) is 70.4 cm³/mol. The molecule has 5 heteroatoms. The van der Waals surface area contributed by atoms with Crippen LogP contribution in [0.4, 0.5) is 5.69 Å². The van der Waals surface area contributed by atoms with Crippen LogP contribution in [0.5, 0.6) is 11.5 Å². The number of carbonyl (C=O) groups is 1. The Morgan fingerprint density at radius 1 is 1.11 bits per heavy atom. The number of nitrogens with zero attached hydrogens (tertiary/aromatic N) is 1. The third-order valence-corrected chi connectivity index (χ3v) is 2.49. The number of para-hydroxylation sites is 1. The number of carboxylic acids is 1. The molecule has 0 unspecified atom stereocenters. The van der Waals surface area contributed by atoms with Gasteiger partial charge in [-0.1, -0.05) is 12.1 Å². The summed E-state index contributed by atoms with van der Waals surface area (Å²) in [6.45, 7) is 0. The van der Waals surface area contributed by atoms with E-state index in [1.165, 1.54) is 24.4 Å². The number of carboxylic acid groups (broad SMARTS) is 1. The van der Waals surface area contributed by atoms with Crippen molar-refractivity contribution < 1.29 is 20.1 Å². The fraction of sp³-hybridized carbons (Fsp3) is 0. The van der Waals surface area contributed by atoms with Crippen LogP contribution in [0, 0.1) is 0 Å². The summed E-state index contributed by atoms with van der Waals surface area (Å²) in [7, 11) is 0. The zero-order valence-electron chi connectivity index (χ0n) is 9.82. The van der Waals surface area contributed by atoms with Crippen LogP contribution >= 0.6 is 0 Å². The number of phenolic OH excluding ortho intramolecular Hbond substituents is 2. The van der Waals surface area contributed by atoms with E-state index in [1.54, 1.807) is 24.3 Å². The van der Waals surface area contributed by atoms with Gasteiger partial charge in [-0.3, -0.25) is 4.99 Å². The molecule has 0 amide bonds. The van der Waals surface area contributed by atoms with Gasteiger partial charge in [-0.2, -0.15) is 0 Å². The quantitative estimate of drug-likeness (QED) is 0.582. The van der Waals surface area contributed by atoms with Crippen molar-refractivity contribution in [2.45, 2.75) is 0 Å². The maximum absolute atomic E-state index is 10.8. The van der Waals surface area contributed by atoms with Crippen molar-refractivity contribution in [1.29, 1.82) is 0 Å². The first-order valence-corrected chi connectivity index (χ1v) is 5.46. The Labute approximate surface area is 109 Å². The predicted octanol–water partition coefficient (Wildman–Crippen LogP) is 2.55. The molecule has 0 saturated heterocycles. The molecule has 3 N–H and O–H groups in total. The molecule has 19 heavy (non-hydrogen) atoms. The zero-order chi connectivity index (χ0) is 13.8. The molecule has 5 nitrogen and oxygen atoms in total. The summed E-state index contributed by atoms with van der Waals surface area (Å²) in [5.74, 6) is -1.53. The van der Waals surface area contributed by atoms with Crippen molar-refractivity contribution >= 4 is 17.9 Å².